The fourth-order valence-corrected chi connectivity index (χ4v) is 3.71. The van der Waals surface area contributed by atoms with Gasteiger partial charge in [-0.1, -0.05) is 30.3 Å². The Morgan fingerprint density at radius 2 is 1.73 bits per heavy atom. The van der Waals surface area contributed by atoms with Gasteiger partial charge in [0.05, 0.1) is 23.5 Å². The SMILES string of the molecule is COC(=O)C1CC(NC(=O)OCc2ccccc2)CC(OC(=O)c2ccc([N+](=O)[O-])cc2)C1. The maximum Gasteiger partial charge on any atom is 0.407 e. The number of nitrogens with zero attached hydrogens (tertiary/aromatic N) is 1. The first-order valence-electron chi connectivity index (χ1n) is 10.4. The van der Waals surface area contributed by atoms with Gasteiger partial charge in [-0.15, -0.1) is 0 Å². The van der Waals surface area contributed by atoms with E-state index >= 15 is 0 Å². The van der Waals surface area contributed by atoms with E-state index in [1.807, 2.05) is 30.3 Å². The van der Waals surface area contributed by atoms with Crippen molar-refractivity contribution in [2.75, 3.05) is 7.11 Å². The van der Waals surface area contributed by atoms with Crippen LogP contribution in [0.15, 0.2) is 54.6 Å². The Morgan fingerprint density at radius 3 is 2.36 bits per heavy atom. The highest BCUT2D eigenvalue weighted by atomic mass is 16.6. The van der Waals surface area contributed by atoms with Gasteiger partial charge in [0.1, 0.15) is 12.7 Å². The summed E-state index contributed by atoms with van der Waals surface area (Å²) in [6, 6.07) is 13.7. The fraction of sp³-hybridized carbons (Fsp3) is 0.348. The van der Waals surface area contributed by atoms with Crippen LogP contribution in [-0.4, -0.2) is 42.2 Å². The van der Waals surface area contributed by atoms with Crippen LogP contribution < -0.4 is 5.32 Å². The number of rotatable bonds is 7. The molecule has 2 aromatic carbocycles. The van der Waals surface area contributed by atoms with Crippen molar-refractivity contribution in [2.45, 2.75) is 38.0 Å². The lowest BCUT2D eigenvalue weighted by atomic mass is 9.83. The summed E-state index contributed by atoms with van der Waals surface area (Å²) in [5.74, 6) is -1.71. The predicted octanol–water partition coefficient (Wildman–Crippen LogP) is 3.39. The number of amides is 1. The zero-order chi connectivity index (χ0) is 23.8. The molecule has 1 amide bonds. The van der Waals surface area contributed by atoms with Crippen molar-refractivity contribution in [2.24, 2.45) is 5.92 Å². The van der Waals surface area contributed by atoms with Crippen LogP contribution in [0.3, 0.4) is 0 Å². The summed E-state index contributed by atoms with van der Waals surface area (Å²) in [5.41, 5.74) is 0.833. The highest BCUT2D eigenvalue weighted by Crippen LogP contribution is 2.29. The zero-order valence-corrected chi connectivity index (χ0v) is 18.0. The summed E-state index contributed by atoms with van der Waals surface area (Å²) >= 11 is 0. The molecule has 2 aromatic rings. The molecule has 1 saturated carbocycles. The Bertz CT molecular complexity index is 993. The summed E-state index contributed by atoms with van der Waals surface area (Å²) in [6.07, 6.45) is -0.465. The van der Waals surface area contributed by atoms with Gasteiger partial charge in [-0.3, -0.25) is 14.9 Å². The van der Waals surface area contributed by atoms with Gasteiger partial charge in [-0.25, -0.2) is 9.59 Å². The maximum absolute atomic E-state index is 12.5. The largest absolute Gasteiger partial charge is 0.469 e. The van der Waals surface area contributed by atoms with Gasteiger partial charge in [-0.05, 0) is 30.5 Å². The molecular formula is C23H24N2O8. The molecule has 0 aliphatic heterocycles. The standard InChI is InChI=1S/C23H24N2O8/c1-31-21(26)17-11-18(24-23(28)32-14-15-5-3-2-4-6-15)13-20(12-17)33-22(27)16-7-9-19(10-8-16)25(29)30/h2-10,17-18,20H,11-14H2,1H3,(H,24,28). The molecule has 3 atom stereocenters. The Labute approximate surface area is 190 Å². The summed E-state index contributed by atoms with van der Waals surface area (Å²) < 4.78 is 15.6. The van der Waals surface area contributed by atoms with E-state index in [1.165, 1.54) is 31.4 Å². The van der Waals surface area contributed by atoms with E-state index in [0.29, 0.717) is 6.42 Å². The van der Waals surface area contributed by atoms with E-state index in [0.717, 1.165) is 5.56 Å². The third kappa shape index (κ3) is 6.76. The number of ether oxygens (including phenoxy) is 3. The first-order chi connectivity index (χ1) is 15.9. The molecule has 1 N–H and O–H groups in total. The molecule has 1 aliphatic rings. The van der Waals surface area contributed by atoms with Gasteiger partial charge in [0, 0.05) is 24.6 Å². The molecule has 10 nitrogen and oxygen atoms in total. The lowest BCUT2D eigenvalue weighted by Crippen LogP contribution is -2.45. The average molecular weight is 456 g/mol. The number of non-ortho nitro benzene ring substituents is 1. The second-order valence-electron chi connectivity index (χ2n) is 7.66. The number of carbonyl (C=O) groups excluding carboxylic acids is 3. The molecule has 1 fully saturated rings. The molecule has 0 spiro atoms. The molecule has 0 saturated heterocycles. The summed E-state index contributed by atoms with van der Waals surface area (Å²) in [7, 11) is 1.27. The molecule has 0 heterocycles. The number of hydrogen-bond acceptors (Lipinski definition) is 8. The number of nitro groups is 1. The summed E-state index contributed by atoms with van der Waals surface area (Å²) in [6.45, 7) is 0.0956. The van der Waals surface area contributed by atoms with Crippen molar-refractivity contribution in [3.63, 3.8) is 0 Å². The predicted molar refractivity (Wildman–Crippen MR) is 115 cm³/mol. The number of carbonyl (C=O) groups is 3. The number of nitrogens with one attached hydrogen (secondary N) is 1. The van der Waals surface area contributed by atoms with Crippen molar-refractivity contribution in [3.8, 4) is 0 Å². The van der Waals surface area contributed by atoms with E-state index in [1.54, 1.807) is 0 Å². The van der Waals surface area contributed by atoms with Crippen LogP contribution in [-0.2, 0) is 25.6 Å². The first kappa shape index (κ1) is 23.7. The van der Waals surface area contributed by atoms with E-state index in [4.69, 9.17) is 14.2 Å². The molecule has 0 aromatic heterocycles. The minimum Gasteiger partial charge on any atom is -0.469 e. The van der Waals surface area contributed by atoms with Gasteiger partial charge >= 0.3 is 18.0 Å². The molecule has 1 aliphatic carbocycles. The average Bonchev–Trinajstić information content (AvgIpc) is 2.82. The van der Waals surface area contributed by atoms with Crippen LogP contribution in [0.4, 0.5) is 10.5 Å². The maximum atomic E-state index is 12.5. The smallest absolute Gasteiger partial charge is 0.407 e. The molecule has 0 radical (unpaired) electrons. The minimum absolute atomic E-state index is 0.0956. The van der Waals surface area contributed by atoms with Crippen molar-refractivity contribution in [1.82, 2.24) is 5.32 Å². The van der Waals surface area contributed by atoms with Crippen molar-refractivity contribution in [1.29, 1.82) is 0 Å². The molecule has 33 heavy (non-hydrogen) atoms. The lowest BCUT2D eigenvalue weighted by molar-refractivity contribution is -0.384. The number of hydrogen-bond donors (Lipinski definition) is 1. The van der Waals surface area contributed by atoms with E-state index < -0.39 is 41.0 Å². The third-order valence-corrected chi connectivity index (χ3v) is 5.32. The molecular weight excluding hydrogens is 432 g/mol. The Balaban J connectivity index is 1.61. The van der Waals surface area contributed by atoms with Crippen LogP contribution in [0.5, 0.6) is 0 Å². The highest BCUT2D eigenvalue weighted by molar-refractivity contribution is 5.89. The van der Waals surface area contributed by atoms with Gasteiger partial charge in [-0.2, -0.15) is 0 Å². The molecule has 3 rings (SSSR count). The number of esters is 2. The Hall–Kier alpha value is -3.95. The Kier molecular flexibility index (Phi) is 7.96. The van der Waals surface area contributed by atoms with Gasteiger partial charge in [0.25, 0.3) is 5.69 Å². The molecule has 10 heteroatoms. The molecule has 174 valence electrons. The monoisotopic (exact) mass is 456 g/mol. The van der Waals surface area contributed by atoms with E-state index in [2.05, 4.69) is 5.32 Å². The van der Waals surface area contributed by atoms with Crippen molar-refractivity contribution >= 4 is 23.7 Å². The number of alkyl carbamates (subject to hydrolysis) is 1. The minimum atomic E-state index is -0.675. The van der Waals surface area contributed by atoms with E-state index in [9.17, 15) is 24.5 Å². The van der Waals surface area contributed by atoms with Gasteiger partial charge < -0.3 is 19.5 Å². The van der Waals surface area contributed by atoms with Crippen molar-refractivity contribution < 1.29 is 33.5 Å². The second kappa shape index (κ2) is 11.1. The van der Waals surface area contributed by atoms with Crippen molar-refractivity contribution in [3.05, 3.63) is 75.8 Å². The number of nitro benzene ring substituents is 1. The molecule has 3 unspecified atom stereocenters. The van der Waals surface area contributed by atoms with Crippen LogP contribution in [0.2, 0.25) is 0 Å². The fourth-order valence-electron chi connectivity index (χ4n) is 3.71. The highest BCUT2D eigenvalue weighted by Gasteiger charge is 2.36. The quantitative estimate of drug-likeness (QED) is 0.290. The topological polar surface area (TPSA) is 134 Å². The molecule has 0 bridgehead atoms. The zero-order valence-electron chi connectivity index (χ0n) is 18.0. The number of benzene rings is 2. The van der Waals surface area contributed by atoms with E-state index in [-0.39, 0.29) is 30.7 Å². The van der Waals surface area contributed by atoms with Crippen LogP contribution >= 0.6 is 0 Å². The van der Waals surface area contributed by atoms with Gasteiger partial charge in [0.2, 0.25) is 0 Å². The number of methoxy groups -OCH3 is 1. The van der Waals surface area contributed by atoms with Crippen LogP contribution in [0.25, 0.3) is 0 Å². The van der Waals surface area contributed by atoms with Gasteiger partial charge in [0.15, 0.2) is 0 Å². The normalized spacial score (nSPS) is 19.7. The summed E-state index contributed by atoms with van der Waals surface area (Å²) in [5, 5.41) is 13.5. The second-order valence-corrected chi connectivity index (χ2v) is 7.66. The first-order valence-corrected chi connectivity index (χ1v) is 10.4. The Morgan fingerprint density at radius 1 is 1.03 bits per heavy atom. The lowest BCUT2D eigenvalue weighted by Gasteiger charge is -2.33. The van der Waals surface area contributed by atoms with Crippen LogP contribution in [0.1, 0.15) is 35.2 Å². The third-order valence-electron chi connectivity index (χ3n) is 5.32. The summed E-state index contributed by atoms with van der Waals surface area (Å²) in [4.78, 5) is 47.1. The van der Waals surface area contributed by atoms with Crippen LogP contribution in [0, 0.1) is 16.0 Å².